The Kier molecular flexibility index (Phi) is 2.41. The Morgan fingerprint density at radius 2 is 1.63 bits per heavy atom. The third kappa shape index (κ3) is 1.77. The van der Waals surface area contributed by atoms with E-state index >= 15 is 0 Å². The molecule has 6 heteroatoms. The number of amides is 3. The molecule has 4 aliphatic rings. The van der Waals surface area contributed by atoms with Gasteiger partial charge >= 0.3 is 6.03 Å². The number of hydrogen-bond donors (Lipinski definition) is 0. The smallest absolute Gasteiger partial charge is 0.327 e. The highest BCUT2D eigenvalue weighted by atomic mass is 16.6. The minimum atomic E-state index is -0.572. The fraction of sp³-hybridized carbons (Fsp3) is 0.846. The first-order chi connectivity index (χ1) is 9.21. The molecule has 0 aromatic carbocycles. The lowest BCUT2D eigenvalue weighted by Gasteiger charge is -2.30. The molecule has 19 heavy (non-hydrogen) atoms. The van der Waals surface area contributed by atoms with E-state index in [1.165, 1.54) is 4.90 Å². The quantitative estimate of drug-likeness (QED) is 0.544. The van der Waals surface area contributed by atoms with Gasteiger partial charge in [0, 0.05) is 0 Å². The van der Waals surface area contributed by atoms with Crippen LogP contribution in [-0.4, -0.2) is 65.8 Å². The van der Waals surface area contributed by atoms with E-state index in [1.54, 1.807) is 4.90 Å². The predicted molar refractivity (Wildman–Crippen MR) is 64.5 cm³/mol. The minimum Gasteiger partial charge on any atom is -0.371 e. The first-order valence-corrected chi connectivity index (χ1v) is 7.07. The van der Waals surface area contributed by atoms with Crippen LogP contribution in [-0.2, 0) is 14.3 Å². The Labute approximate surface area is 111 Å². The SMILES string of the molecule is O=C1N(CC2CO2)C(=O)C2(CCCC2)N1CC1CO1. The molecule has 4 fully saturated rings. The molecule has 1 saturated carbocycles. The van der Waals surface area contributed by atoms with Crippen LogP contribution in [0.15, 0.2) is 0 Å². The van der Waals surface area contributed by atoms with Gasteiger partial charge in [0.15, 0.2) is 0 Å². The van der Waals surface area contributed by atoms with Crippen molar-refractivity contribution in [3.8, 4) is 0 Å². The number of hydrogen-bond acceptors (Lipinski definition) is 4. The van der Waals surface area contributed by atoms with Crippen molar-refractivity contribution in [3.05, 3.63) is 0 Å². The average molecular weight is 266 g/mol. The van der Waals surface area contributed by atoms with Crippen molar-refractivity contribution < 1.29 is 19.1 Å². The maximum absolute atomic E-state index is 12.7. The minimum absolute atomic E-state index is 0.00819. The maximum atomic E-state index is 12.7. The first kappa shape index (κ1) is 11.7. The summed E-state index contributed by atoms with van der Waals surface area (Å²) in [6.45, 7) is 2.35. The van der Waals surface area contributed by atoms with Gasteiger partial charge in [-0.15, -0.1) is 0 Å². The number of carbonyl (C=O) groups excluding carboxylic acids is 2. The number of carbonyl (C=O) groups is 2. The van der Waals surface area contributed by atoms with Crippen molar-refractivity contribution in [1.29, 1.82) is 0 Å². The molecule has 0 radical (unpaired) electrons. The summed E-state index contributed by atoms with van der Waals surface area (Å²) in [6.07, 6.45) is 3.83. The van der Waals surface area contributed by atoms with E-state index in [0.29, 0.717) is 26.3 Å². The van der Waals surface area contributed by atoms with E-state index in [1.807, 2.05) is 0 Å². The summed E-state index contributed by atoms with van der Waals surface area (Å²) in [5, 5.41) is 0. The number of urea groups is 1. The van der Waals surface area contributed by atoms with Crippen molar-refractivity contribution in [1.82, 2.24) is 9.80 Å². The monoisotopic (exact) mass is 266 g/mol. The van der Waals surface area contributed by atoms with Gasteiger partial charge in [0.2, 0.25) is 0 Å². The highest BCUT2D eigenvalue weighted by Gasteiger charge is 2.59. The molecule has 3 aliphatic heterocycles. The highest BCUT2D eigenvalue weighted by molar-refractivity contribution is 6.07. The predicted octanol–water partition coefficient (Wildman–Crippen LogP) is 0.361. The second-order valence-corrected chi connectivity index (χ2v) is 5.96. The summed E-state index contributed by atoms with van der Waals surface area (Å²) >= 11 is 0. The van der Waals surface area contributed by atoms with E-state index in [2.05, 4.69) is 0 Å². The van der Waals surface area contributed by atoms with E-state index in [9.17, 15) is 9.59 Å². The molecule has 0 aromatic heterocycles. The number of nitrogens with zero attached hydrogens (tertiary/aromatic N) is 2. The van der Waals surface area contributed by atoms with Crippen molar-refractivity contribution in [2.75, 3.05) is 26.3 Å². The van der Waals surface area contributed by atoms with Crippen LogP contribution < -0.4 is 0 Å². The van der Waals surface area contributed by atoms with Gasteiger partial charge in [-0.05, 0) is 12.8 Å². The number of ether oxygens (including phenoxy) is 2. The molecule has 4 rings (SSSR count). The molecule has 0 aromatic rings. The molecule has 1 aliphatic carbocycles. The fourth-order valence-corrected chi connectivity index (χ4v) is 3.39. The van der Waals surface area contributed by atoms with Crippen molar-refractivity contribution in [3.63, 3.8) is 0 Å². The zero-order valence-electron chi connectivity index (χ0n) is 10.8. The lowest BCUT2D eigenvalue weighted by Crippen LogP contribution is -2.48. The van der Waals surface area contributed by atoms with Crippen LogP contribution in [0.2, 0.25) is 0 Å². The Balaban J connectivity index is 1.61. The summed E-state index contributed by atoms with van der Waals surface area (Å²) in [7, 11) is 0. The Morgan fingerprint density at radius 3 is 2.21 bits per heavy atom. The van der Waals surface area contributed by atoms with Gasteiger partial charge in [-0.2, -0.15) is 0 Å². The van der Waals surface area contributed by atoms with Gasteiger partial charge in [0.25, 0.3) is 5.91 Å². The summed E-state index contributed by atoms with van der Waals surface area (Å²) in [6, 6.07) is -0.141. The lowest BCUT2D eigenvalue weighted by atomic mass is 9.95. The third-order valence-corrected chi connectivity index (χ3v) is 4.63. The second kappa shape index (κ2) is 3.93. The van der Waals surface area contributed by atoms with Gasteiger partial charge in [-0.25, -0.2) is 4.79 Å². The van der Waals surface area contributed by atoms with Gasteiger partial charge in [-0.3, -0.25) is 9.69 Å². The molecule has 2 unspecified atom stereocenters. The van der Waals surface area contributed by atoms with Gasteiger partial charge < -0.3 is 14.4 Å². The normalized spacial score (nSPS) is 35.6. The molecule has 0 N–H and O–H groups in total. The molecular weight excluding hydrogens is 248 g/mol. The lowest BCUT2D eigenvalue weighted by molar-refractivity contribution is -0.133. The molecule has 2 atom stereocenters. The summed E-state index contributed by atoms with van der Waals surface area (Å²) in [4.78, 5) is 28.4. The molecule has 3 heterocycles. The molecular formula is C13H18N2O4. The standard InChI is InChI=1S/C13H18N2O4/c16-11-13(3-1-2-4-13)15(6-10-8-19-10)12(17)14(11)5-9-7-18-9/h9-10H,1-8H2. The average Bonchev–Trinajstić information content (AvgIpc) is 3.32. The Bertz CT molecular complexity index is 424. The maximum Gasteiger partial charge on any atom is 0.327 e. The van der Waals surface area contributed by atoms with Crippen LogP contribution in [0.5, 0.6) is 0 Å². The molecule has 3 amide bonds. The topological polar surface area (TPSA) is 65.7 Å². The van der Waals surface area contributed by atoms with Gasteiger partial charge in [-0.1, -0.05) is 12.8 Å². The fourth-order valence-electron chi connectivity index (χ4n) is 3.39. The van der Waals surface area contributed by atoms with Gasteiger partial charge in [0.1, 0.15) is 5.54 Å². The Morgan fingerprint density at radius 1 is 1.05 bits per heavy atom. The van der Waals surface area contributed by atoms with E-state index in [-0.39, 0.29) is 24.1 Å². The second-order valence-electron chi connectivity index (χ2n) is 5.96. The third-order valence-electron chi connectivity index (χ3n) is 4.63. The molecule has 0 bridgehead atoms. The largest absolute Gasteiger partial charge is 0.371 e. The van der Waals surface area contributed by atoms with Crippen molar-refractivity contribution in [2.24, 2.45) is 0 Å². The summed E-state index contributed by atoms with van der Waals surface area (Å²) < 4.78 is 10.4. The van der Waals surface area contributed by atoms with Crippen LogP contribution in [0.25, 0.3) is 0 Å². The van der Waals surface area contributed by atoms with Crippen LogP contribution >= 0.6 is 0 Å². The van der Waals surface area contributed by atoms with E-state index in [0.717, 1.165) is 25.7 Å². The van der Waals surface area contributed by atoms with Crippen LogP contribution in [0.1, 0.15) is 25.7 Å². The Hall–Kier alpha value is -1.14. The van der Waals surface area contributed by atoms with Gasteiger partial charge in [0.05, 0.1) is 38.5 Å². The van der Waals surface area contributed by atoms with E-state index in [4.69, 9.17) is 9.47 Å². The number of imide groups is 1. The number of epoxide rings is 2. The highest BCUT2D eigenvalue weighted by Crippen LogP contribution is 2.42. The van der Waals surface area contributed by atoms with E-state index < -0.39 is 5.54 Å². The molecule has 6 nitrogen and oxygen atoms in total. The zero-order valence-corrected chi connectivity index (χ0v) is 10.8. The molecule has 1 spiro atoms. The van der Waals surface area contributed by atoms with Crippen LogP contribution in [0, 0.1) is 0 Å². The molecule has 104 valence electrons. The van der Waals surface area contributed by atoms with Crippen molar-refractivity contribution >= 4 is 11.9 Å². The zero-order chi connectivity index (χ0) is 13.0. The number of rotatable bonds is 4. The first-order valence-electron chi connectivity index (χ1n) is 7.07. The van der Waals surface area contributed by atoms with Crippen LogP contribution in [0.4, 0.5) is 4.79 Å². The van der Waals surface area contributed by atoms with Crippen LogP contribution in [0.3, 0.4) is 0 Å². The summed E-state index contributed by atoms with van der Waals surface area (Å²) in [5.41, 5.74) is -0.572. The van der Waals surface area contributed by atoms with Crippen molar-refractivity contribution in [2.45, 2.75) is 43.4 Å². The summed E-state index contributed by atoms with van der Waals surface area (Å²) in [5.74, 6) is -0.00819. The molecule has 3 saturated heterocycles.